The minimum absolute atomic E-state index is 0.0953. The second-order valence-corrected chi connectivity index (χ2v) is 9.56. The van der Waals surface area contributed by atoms with Gasteiger partial charge in [-0.25, -0.2) is 14.8 Å². The fraction of sp³-hybridized carbons (Fsp3) is 0.214. The zero-order valence-corrected chi connectivity index (χ0v) is 21.4. The molecule has 3 aromatic heterocycles. The van der Waals surface area contributed by atoms with Crippen molar-refractivity contribution in [2.45, 2.75) is 20.3 Å². The number of para-hydroxylation sites is 1. The highest BCUT2D eigenvalue weighted by atomic mass is 35.5. The van der Waals surface area contributed by atoms with Crippen molar-refractivity contribution < 1.29 is 23.9 Å². The molecule has 0 atom stereocenters. The van der Waals surface area contributed by atoms with Crippen molar-refractivity contribution in [3.8, 4) is 11.4 Å². The maximum Gasteiger partial charge on any atom is 0.356 e. The summed E-state index contributed by atoms with van der Waals surface area (Å²) in [4.78, 5) is 62.8. The Labute approximate surface area is 222 Å². The number of rotatable bonds is 7. The number of ether oxygens (including phenoxy) is 1. The van der Waals surface area contributed by atoms with Gasteiger partial charge in [0, 0.05) is 22.4 Å². The Bertz CT molecular complexity index is 1670. The number of benzene rings is 1. The van der Waals surface area contributed by atoms with Crippen LogP contribution in [-0.4, -0.2) is 50.9 Å². The molecule has 1 aromatic carbocycles. The van der Waals surface area contributed by atoms with Gasteiger partial charge >= 0.3 is 5.97 Å². The standard InChI is InChI=1S/C28H23ClN4O5/c1-14(2)9-10-38-28(37)21-11-17-15-5-3-4-6-18(15)31-24(17)26(33-21)19-8-7-16-22(34)12-20(30-23(35)13-29)27(36)25(16)32-19/h3-8,11-12,14,31H,9-10,13H2,1-2H3,(H,30,35). The summed E-state index contributed by atoms with van der Waals surface area (Å²) in [5, 5.41) is 3.95. The number of hydrogen-bond donors (Lipinski definition) is 2. The van der Waals surface area contributed by atoms with Gasteiger partial charge in [-0.05, 0) is 36.6 Å². The quantitative estimate of drug-likeness (QED) is 0.264. The molecule has 2 N–H and O–H groups in total. The molecule has 192 valence electrons. The molecule has 1 aliphatic rings. The summed E-state index contributed by atoms with van der Waals surface area (Å²) in [5.74, 6) is -2.30. The third-order valence-corrected chi connectivity index (χ3v) is 6.41. The first-order valence-electron chi connectivity index (χ1n) is 12.0. The van der Waals surface area contributed by atoms with Gasteiger partial charge in [0.2, 0.25) is 11.7 Å². The lowest BCUT2D eigenvalue weighted by Crippen LogP contribution is -2.32. The zero-order chi connectivity index (χ0) is 27.0. The summed E-state index contributed by atoms with van der Waals surface area (Å²) in [6, 6.07) is 12.3. The average molecular weight is 531 g/mol. The van der Waals surface area contributed by atoms with Gasteiger partial charge in [0.15, 0.2) is 5.78 Å². The van der Waals surface area contributed by atoms with Crippen LogP contribution < -0.4 is 5.32 Å². The van der Waals surface area contributed by atoms with E-state index in [9.17, 15) is 19.2 Å². The van der Waals surface area contributed by atoms with E-state index in [1.54, 1.807) is 12.1 Å². The van der Waals surface area contributed by atoms with Gasteiger partial charge in [0.25, 0.3) is 0 Å². The molecule has 0 fully saturated rings. The minimum Gasteiger partial charge on any atom is -0.461 e. The molecular formula is C28H23ClN4O5. The average Bonchev–Trinajstić information content (AvgIpc) is 3.29. The number of Topliss-reactive ketones (excluding diaryl/α,β-unsaturated/α-hetero) is 1. The smallest absolute Gasteiger partial charge is 0.356 e. The first-order valence-corrected chi connectivity index (χ1v) is 12.6. The minimum atomic E-state index is -0.628. The van der Waals surface area contributed by atoms with Crippen LogP contribution in [0.3, 0.4) is 0 Å². The lowest BCUT2D eigenvalue weighted by molar-refractivity contribution is -0.117. The highest BCUT2D eigenvalue weighted by Crippen LogP contribution is 2.33. The van der Waals surface area contributed by atoms with Crippen LogP contribution in [-0.2, 0) is 9.53 Å². The number of hydrogen-bond acceptors (Lipinski definition) is 7. The number of aromatic nitrogens is 3. The third kappa shape index (κ3) is 4.68. The fourth-order valence-electron chi connectivity index (χ4n) is 4.24. The van der Waals surface area contributed by atoms with E-state index in [1.165, 1.54) is 6.07 Å². The number of esters is 1. The van der Waals surface area contributed by atoms with Crippen molar-refractivity contribution in [3.05, 3.63) is 71.2 Å². The molecule has 0 radical (unpaired) electrons. The van der Waals surface area contributed by atoms with Crippen LogP contribution in [0.5, 0.6) is 0 Å². The van der Waals surface area contributed by atoms with Gasteiger partial charge in [0.1, 0.15) is 23.0 Å². The van der Waals surface area contributed by atoms with E-state index in [4.69, 9.17) is 16.3 Å². The number of aromatic amines is 1. The lowest BCUT2D eigenvalue weighted by atomic mass is 9.96. The molecular weight excluding hydrogens is 508 g/mol. The van der Waals surface area contributed by atoms with Gasteiger partial charge in [-0.1, -0.05) is 32.0 Å². The first-order chi connectivity index (χ1) is 18.3. The van der Waals surface area contributed by atoms with Gasteiger partial charge in [-0.3, -0.25) is 14.4 Å². The number of allylic oxidation sites excluding steroid dienone is 2. The van der Waals surface area contributed by atoms with E-state index in [2.05, 4.69) is 20.3 Å². The summed E-state index contributed by atoms with van der Waals surface area (Å²) in [6.07, 6.45) is 1.77. The largest absolute Gasteiger partial charge is 0.461 e. The number of amides is 1. The van der Waals surface area contributed by atoms with Crippen LogP contribution in [0, 0.1) is 5.92 Å². The molecule has 1 amide bonds. The van der Waals surface area contributed by atoms with E-state index < -0.39 is 23.4 Å². The van der Waals surface area contributed by atoms with Gasteiger partial charge in [0.05, 0.1) is 29.1 Å². The van der Waals surface area contributed by atoms with Crippen molar-refractivity contribution in [1.82, 2.24) is 20.3 Å². The Balaban J connectivity index is 1.63. The number of carbonyl (C=O) groups is 4. The Morgan fingerprint density at radius 3 is 2.61 bits per heavy atom. The normalized spacial score (nSPS) is 13.1. The van der Waals surface area contributed by atoms with Gasteiger partial charge in [-0.15, -0.1) is 11.6 Å². The van der Waals surface area contributed by atoms with E-state index >= 15 is 0 Å². The maximum atomic E-state index is 13.1. The predicted molar refractivity (Wildman–Crippen MR) is 142 cm³/mol. The number of halogens is 1. The van der Waals surface area contributed by atoms with Crippen molar-refractivity contribution in [3.63, 3.8) is 0 Å². The molecule has 0 saturated heterocycles. The summed E-state index contributed by atoms with van der Waals surface area (Å²) in [6.45, 7) is 4.34. The molecule has 0 unspecified atom stereocenters. The Morgan fingerprint density at radius 1 is 1.05 bits per heavy atom. The SMILES string of the molecule is CC(C)CCOC(=O)c1cc2c([nH]c3ccccc32)c(-c2ccc3c(n2)C(=O)C(NC(=O)CCl)=CC3=O)n1. The molecule has 9 nitrogen and oxygen atoms in total. The van der Waals surface area contributed by atoms with Crippen molar-refractivity contribution in [2.24, 2.45) is 5.92 Å². The second-order valence-electron chi connectivity index (χ2n) is 9.29. The topological polar surface area (TPSA) is 131 Å². The zero-order valence-electron chi connectivity index (χ0n) is 20.6. The number of pyridine rings is 2. The molecule has 38 heavy (non-hydrogen) atoms. The molecule has 5 rings (SSSR count). The second kappa shape index (κ2) is 10.2. The van der Waals surface area contributed by atoms with Crippen LogP contribution in [0.4, 0.5) is 0 Å². The third-order valence-electron chi connectivity index (χ3n) is 6.17. The highest BCUT2D eigenvalue weighted by molar-refractivity contribution is 6.29. The summed E-state index contributed by atoms with van der Waals surface area (Å²) >= 11 is 5.54. The molecule has 0 saturated carbocycles. The van der Waals surface area contributed by atoms with E-state index in [0.29, 0.717) is 23.5 Å². The van der Waals surface area contributed by atoms with Crippen LogP contribution in [0.15, 0.2) is 54.2 Å². The molecule has 10 heteroatoms. The number of carbonyl (C=O) groups excluding carboxylic acids is 4. The van der Waals surface area contributed by atoms with E-state index in [1.807, 2.05) is 38.1 Å². The van der Waals surface area contributed by atoms with Crippen molar-refractivity contribution in [2.75, 3.05) is 12.5 Å². The Morgan fingerprint density at radius 2 is 1.84 bits per heavy atom. The summed E-state index contributed by atoms with van der Waals surface area (Å²) < 4.78 is 5.46. The Hall–Kier alpha value is -4.37. The molecule has 0 spiro atoms. The summed E-state index contributed by atoms with van der Waals surface area (Å²) in [7, 11) is 0. The van der Waals surface area contributed by atoms with Crippen LogP contribution in [0.25, 0.3) is 33.2 Å². The monoisotopic (exact) mass is 530 g/mol. The first kappa shape index (κ1) is 25.3. The van der Waals surface area contributed by atoms with E-state index in [-0.39, 0.29) is 40.8 Å². The maximum absolute atomic E-state index is 13.1. The molecule has 0 aliphatic heterocycles. The number of nitrogens with one attached hydrogen (secondary N) is 2. The fourth-order valence-corrected chi connectivity index (χ4v) is 4.31. The number of H-pyrrole nitrogens is 1. The number of nitrogens with zero attached hydrogens (tertiary/aromatic N) is 2. The lowest BCUT2D eigenvalue weighted by Gasteiger charge is -2.16. The Kier molecular flexibility index (Phi) is 6.77. The van der Waals surface area contributed by atoms with Crippen molar-refractivity contribution >= 4 is 56.8 Å². The van der Waals surface area contributed by atoms with Gasteiger partial charge < -0.3 is 15.0 Å². The number of fused-ring (bicyclic) bond motifs is 4. The number of ketones is 2. The van der Waals surface area contributed by atoms with Crippen LogP contribution in [0.2, 0.25) is 0 Å². The summed E-state index contributed by atoms with van der Waals surface area (Å²) in [5.41, 5.74) is 1.88. The molecule has 1 aliphatic carbocycles. The number of alkyl halides is 1. The van der Waals surface area contributed by atoms with Crippen LogP contribution >= 0.6 is 11.6 Å². The highest BCUT2D eigenvalue weighted by Gasteiger charge is 2.29. The predicted octanol–water partition coefficient (Wildman–Crippen LogP) is 4.60. The van der Waals surface area contributed by atoms with Crippen LogP contribution in [0.1, 0.15) is 51.6 Å². The molecule has 3 heterocycles. The molecule has 0 bridgehead atoms. The van der Waals surface area contributed by atoms with E-state index in [0.717, 1.165) is 22.4 Å². The van der Waals surface area contributed by atoms with Crippen molar-refractivity contribution in [1.29, 1.82) is 0 Å². The molecule has 4 aromatic rings. The van der Waals surface area contributed by atoms with Gasteiger partial charge in [-0.2, -0.15) is 0 Å².